The normalized spacial score (nSPS) is 24.8. The predicted molar refractivity (Wildman–Crippen MR) is 90.2 cm³/mol. The number of carbonyl (C=O) groups is 4. The van der Waals surface area contributed by atoms with Crippen LogP contribution in [-0.4, -0.2) is 67.7 Å². The van der Waals surface area contributed by atoms with Crippen molar-refractivity contribution in [3.63, 3.8) is 0 Å². The molecule has 0 aromatic heterocycles. The minimum Gasteiger partial charge on any atom is -0.463 e. The lowest BCUT2D eigenvalue weighted by Crippen LogP contribution is -2.54. The van der Waals surface area contributed by atoms with E-state index in [2.05, 4.69) is 5.32 Å². The fourth-order valence-electron chi connectivity index (χ4n) is 2.54. The van der Waals surface area contributed by atoms with E-state index in [0.717, 1.165) is 0 Å². The molecule has 1 N–H and O–H groups in total. The molecule has 1 rings (SSSR count). The molecular formula is C17H27NO9. The Hall–Kier alpha value is -2.20. The molecule has 1 aliphatic heterocycles. The standard InChI is InChI=1S/C17H27NO9/c1-9(2)18-15(22)8-24-16-6-13(25-11(4)20)17(26-12(5)21)14(27-16)7-23-10(3)19/h9,13-14,16-17H,6-8H2,1-5H3,(H,18,22). The third-order valence-corrected chi connectivity index (χ3v) is 3.40. The van der Waals surface area contributed by atoms with Crippen LogP contribution in [0.4, 0.5) is 0 Å². The van der Waals surface area contributed by atoms with E-state index in [1.807, 2.05) is 13.8 Å². The van der Waals surface area contributed by atoms with E-state index < -0.39 is 42.5 Å². The van der Waals surface area contributed by atoms with Crippen LogP contribution in [0.1, 0.15) is 41.0 Å². The monoisotopic (exact) mass is 389 g/mol. The minimum atomic E-state index is -0.977. The van der Waals surface area contributed by atoms with Gasteiger partial charge in [-0.1, -0.05) is 0 Å². The van der Waals surface area contributed by atoms with Crippen LogP contribution in [0.15, 0.2) is 0 Å². The van der Waals surface area contributed by atoms with Crippen LogP contribution in [0.3, 0.4) is 0 Å². The van der Waals surface area contributed by atoms with Gasteiger partial charge in [-0.2, -0.15) is 0 Å². The number of rotatable bonds is 8. The second-order valence-electron chi connectivity index (χ2n) is 6.40. The molecule has 1 amide bonds. The molecule has 1 aliphatic rings. The van der Waals surface area contributed by atoms with E-state index in [1.165, 1.54) is 20.8 Å². The first-order chi connectivity index (χ1) is 12.6. The molecule has 4 unspecified atom stereocenters. The lowest BCUT2D eigenvalue weighted by atomic mass is 10.0. The zero-order chi connectivity index (χ0) is 20.6. The van der Waals surface area contributed by atoms with Gasteiger partial charge in [-0.05, 0) is 13.8 Å². The van der Waals surface area contributed by atoms with Crippen LogP contribution >= 0.6 is 0 Å². The van der Waals surface area contributed by atoms with Crippen LogP contribution in [0.25, 0.3) is 0 Å². The van der Waals surface area contributed by atoms with Crippen molar-refractivity contribution in [2.24, 2.45) is 0 Å². The van der Waals surface area contributed by atoms with Crippen LogP contribution < -0.4 is 5.32 Å². The van der Waals surface area contributed by atoms with E-state index in [0.29, 0.717) is 0 Å². The Morgan fingerprint density at radius 1 is 1.04 bits per heavy atom. The average molecular weight is 389 g/mol. The topological polar surface area (TPSA) is 126 Å². The van der Waals surface area contributed by atoms with Gasteiger partial charge in [0.05, 0.1) is 0 Å². The molecule has 0 bridgehead atoms. The molecule has 1 fully saturated rings. The van der Waals surface area contributed by atoms with Crippen molar-refractivity contribution in [2.45, 2.75) is 71.7 Å². The first-order valence-corrected chi connectivity index (χ1v) is 8.62. The molecule has 1 heterocycles. The van der Waals surface area contributed by atoms with Crippen molar-refractivity contribution in [3.8, 4) is 0 Å². The first-order valence-electron chi connectivity index (χ1n) is 8.62. The molecule has 27 heavy (non-hydrogen) atoms. The van der Waals surface area contributed by atoms with Crippen molar-refractivity contribution in [3.05, 3.63) is 0 Å². The van der Waals surface area contributed by atoms with Gasteiger partial charge in [0.2, 0.25) is 5.91 Å². The van der Waals surface area contributed by atoms with E-state index in [4.69, 9.17) is 23.7 Å². The Morgan fingerprint density at radius 3 is 2.19 bits per heavy atom. The van der Waals surface area contributed by atoms with Gasteiger partial charge < -0.3 is 29.0 Å². The minimum absolute atomic E-state index is 0.0447. The number of carbonyl (C=O) groups excluding carboxylic acids is 4. The highest BCUT2D eigenvalue weighted by Gasteiger charge is 2.44. The third-order valence-electron chi connectivity index (χ3n) is 3.40. The Balaban J connectivity index is 2.85. The fraction of sp³-hybridized carbons (Fsp3) is 0.765. The van der Waals surface area contributed by atoms with E-state index in [1.54, 1.807) is 0 Å². The van der Waals surface area contributed by atoms with E-state index >= 15 is 0 Å². The maximum Gasteiger partial charge on any atom is 0.303 e. The number of nitrogens with one attached hydrogen (secondary N) is 1. The summed E-state index contributed by atoms with van der Waals surface area (Å²) < 4.78 is 26.5. The number of esters is 3. The van der Waals surface area contributed by atoms with Gasteiger partial charge in [-0.15, -0.1) is 0 Å². The SMILES string of the molecule is CC(=O)OCC1OC(OCC(=O)NC(C)C)CC(OC(C)=O)C1OC(C)=O. The van der Waals surface area contributed by atoms with Crippen molar-refractivity contribution in [2.75, 3.05) is 13.2 Å². The summed E-state index contributed by atoms with van der Waals surface area (Å²) in [5.41, 5.74) is 0. The Morgan fingerprint density at radius 2 is 1.67 bits per heavy atom. The fourth-order valence-corrected chi connectivity index (χ4v) is 2.54. The second-order valence-corrected chi connectivity index (χ2v) is 6.40. The molecule has 4 atom stereocenters. The lowest BCUT2D eigenvalue weighted by Gasteiger charge is -2.39. The van der Waals surface area contributed by atoms with Crippen LogP contribution in [-0.2, 0) is 42.9 Å². The molecule has 0 aliphatic carbocycles. The quantitative estimate of drug-likeness (QED) is 0.453. The molecule has 0 radical (unpaired) electrons. The molecule has 10 heteroatoms. The summed E-state index contributed by atoms with van der Waals surface area (Å²) in [4.78, 5) is 45.7. The predicted octanol–water partition coefficient (Wildman–Crippen LogP) is 0.0691. The van der Waals surface area contributed by atoms with Crippen LogP contribution in [0, 0.1) is 0 Å². The highest BCUT2D eigenvalue weighted by Crippen LogP contribution is 2.27. The summed E-state index contributed by atoms with van der Waals surface area (Å²) in [6.45, 7) is 6.75. The zero-order valence-corrected chi connectivity index (χ0v) is 16.2. The lowest BCUT2D eigenvalue weighted by molar-refractivity contribution is -0.264. The molecule has 10 nitrogen and oxygen atoms in total. The number of hydrogen-bond acceptors (Lipinski definition) is 9. The highest BCUT2D eigenvalue weighted by molar-refractivity contribution is 5.77. The van der Waals surface area contributed by atoms with E-state index in [9.17, 15) is 19.2 Å². The number of amides is 1. The second kappa shape index (κ2) is 10.8. The van der Waals surface area contributed by atoms with Gasteiger partial charge in [0, 0.05) is 33.2 Å². The third kappa shape index (κ3) is 8.83. The summed E-state index contributed by atoms with van der Waals surface area (Å²) in [6.07, 6.45) is -3.65. The summed E-state index contributed by atoms with van der Waals surface area (Å²) in [5.74, 6) is -2.08. The molecule has 0 aromatic rings. The van der Waals surface area contributed by atoms with Crippen LogP contribution in [0.2, 0.25) is 0 Å². The molecular weight excluding hydrogens is 362 g/mol. The van der Waals surface area contributed by atoms with Gasteiger partial charge in [0.15, 0.2) is 12.4 Å². The maximum atomic E-state index is 11.7. The average Bonchev–Trinajstić information content (AvgIpc) is 2.51. The summed E-state index contributed by atoms with van der Waals surface area (Å²) in [6, 6.07) is -0.0489. The van der Waals surface area contributed by atoms with Gasteiger partial charge in [-0.3, -0.25) is 19.2 Å². The highest BCUT2D eigenvalue weighted by atomic mass is 16.7. The number of ether oxygens (including phenoxy) is 5. The molecule has 0 saturated carbocycles. The molecule has 0 spiro atoms. The van der Waals surface area contributed by atoms with Gasteiger partial charge in [0.1, 0.15) is 25.4 Å². The summed E-state index contributed by atoms with van der Waals surface area (Å²) in [5, 5.41) is 2.67. The molecule has 1 saturated heterocycles. The summed E-state index contributed by atoms with van der Waals surface area (Å²) in [7, 11) is 0. The molecule has 154 valence electrons. The Bertz CT molecular complexity index is 549. The summed E-state index contributed by atoms with van der Waals surface area (Å²) >= 11 is 0. The van der Waals surface area contributed by atoms with Crippen molar-refractivity contribution < 1.29 is 42.9 Å². The smallest absolute Gasteiger partial charge is 0.303 e. The van der Waals surface area contributed by atoms with Crippen molar-refractivity contribution in [1.82, 2.24) is 5.32 Å². The molecule has 0 aromatic carbocycles. The van der Waals surface area contributed by atoms with Crippen molar-refractivity contribution >= 4 is 23.8 Å². The Kier molecular flexibility index (Phi) is 9.16. The first kappa shape index (κ1) is 22.8. The zero-order valence-electron chi connectivity index (χ0n) is 16.2. The maximum absolute atomic E-state index is 11.7. The van der Waals surface area contributed by atoms with Gasteiger partial charge >= 0.3 is 17.9 Å². The largest absolute Gasteiger partial charge is 0.463 e. The van der Waals surface area contributed by atoms with Gasteiger partial charge in [0.25, 0.3) is 0 Å². The van der Waals surface area contributed by atoms with E-state index in [-0.39, 0.29) is 31.6 Å². The Labute approximate surface area is 157 Å². The van der Waals surface area contributed by atoms with Crippen molar-refractivity contribution in [1.29, 1.82) is 0 Å². The van der Waals surface area contributed by atoms with Gasteiger partial charge in [-0.25, -0.2) is 0 Å². The number of hydrogen-bond donors (Lipinski definition) is 1. The van der Waals surface area contributed by atoms with Crippen LogP contribution in [0.5, 0.6) is 0 Å².